The maximum Gasteiger partial charge on any atom is 0.161 e. The van der Waals surface area contributed by atoms with Gasteiger partial charge >= 0.3 is 0 Å². The van der Waals surface area contributed by atoms with Crippen molar-refractivity contribution in [1.82, 2.24) is 4.72 Å². The Hall–Kier alpha value is -0.960. The summed E-state index contributed by atoms with van der Waals surface area (Å²) in [5, 5.41) is 1.95. The summed E-state index contributed by atoms with van der Waals surface area (Å²) in [7, 11) is 0. The lowest BCUT2D eigenvalue weighted by Crippen LogP contribution is -2.08. The van der Waals surface area contributed by atoms with Crippen molar-refractivity contribution in [2.75, 3.05) is 0 Å². The third kappa shape index (κ3) is 5.47. The second-order valence-corrected chi connectivity index (χ2v) is 4.14. The Labute approximate surface area is 95.6 Å². The van der Waals surface area contributed by atoms with E-state index in [0.29, 0.717) is 6.42 Å². The highest BCUT2D eigenvalue weighted by molar-refractivity contribution is 8.00. The molecular weight excluding hydrogens is 206 g/mol. The van der Waals surface area contributed by atoms with Gasteiger partial charge in [0.15, 0.2) is 5.78 Å². The molecule has 0 saturated heterocycles. The van der Waals surface area contributed by atoms with E-state index >= 15 is 0 Å². The van der Waals surface area contributed by atoms with Gasteiger partial charge in [0.25, 0.3) is 0 Å². The van der Waals surface area contributed by atoms with E-state index in [2.05, 4.69) is 11.6 Å². The summed E-state index contributed by atoms with van der Waals surface area (Å²) < 4.78 is 3.09. The lowest BCUT2D eigenvalue weighted by molar-refractivity contribution is -0.114. The summed E-state index contributed by atoms with van der Waals surface area (Å²) in [6, 6.07) is 0. The molecular formula is C12H17NOS. The first-order valence-electron chi connectivity index (χ1n) is 5.29. The van der Waals surface area contributed by atoms with Crippen LogP contribution >= 0.6 is 11.9 Å². The summed E-state index contributed by atoms with van der Waals surface area (Å²) in [6.45, 7) is 2.15. The van der Waals surface area contributed by atoms with Crippen molar-refractivity contribution < 1.29 is 4.79 Å². The fraction of sp³-hybridized carbons (Fsp3) is 0.417. The van der Waals surface area contributed by atoms with E-state index < -0.39 is 0 Å². The summed E-state index contributed by atoms with van der Waals surface area (Å²) >= 11 is 1.50. The first-order chi connectivity index (χ1) is 7.33. The molecule has 1 aliphatic heterocycles. The molecule has 0 bridgehead atoms. The van der Waals surface area contributed by atoms with Gasteiger partial charge < -0.3 is 4.72 Å². The van der Waals surface area contributed by atoms with Crippen LogP contribution in [0.25, 0.3) is 0 Å². The molecule has 15 heavy (non-hydrogen) atoms. The summed E-state index contributed by atoms with van der Waals surface area (Å²) in [4.78, 5) is 11.5. The Morgan fingerprint density at radius 1 is 1.60 bits per heavy atom. The minimum atomic E-state index is 0.167. The van der Waals surface area contributed by atoms with E-state index in [1.165, 1.54) is 18.4 Å². The zero-order valence-corrected chi connectivity index (χ0v) is 9.85. The lowest BCUT2D eigenvalue weighted by Gasteiger charge is -2.08. The quantitative estimate of drug-likeness (QED) is 0.425. The second kappa shape index (κ2) is 7.35. The molecule has 0 aromatic heterocycles. The molecule has 2 nitrogen and oxygen atoms in total. The third-order valence-electron chi connectivity index (χ3n) is 2.03. The van der Waals surface area contributed by atoms with Gasteiger partial charge in [-0.25, -0.2) is 0 Å². The van der Waals surface area contributed by atoms with Crippen LogP contribution in [0.2, 0.25) is 0 Å². The molecule has 3 heteroatoms. The van der Waals surface area contributed by atoms with Crippen LogP contribution in [0.3, 0.4) is 0 Å². The molecule has 82 valence electrons. The van der Waals surface area contributed by atoms with Crippen LogP contribution in [0.4, 0.5) is 0 Å². The summed E-state index contributed by atoms with van der Waals surface area (Å²) in [6.07, 6.45) is 11.4. The van der Waals surface area contributed by atoms with Gasteiger partial charge in [0.05, 0.1) is 6.42 Å². The van der Waals surface area contributed by atoms with E-state index in [0.717, 1.165) is 18.5 Å². The van der Waals surface area contributed by atoms with Crippen LogP contribution in [0.15, 0.2) is 35.4 Å². The highest BCUT2D eigenvalue weighted by Crippen LogP contribution is 2.11. The SMILES string of the molecule is CCCCC=CC(=O)CC1=CC=CSN1. The van der Waals surface area contributed by atoms with Gasteiger partial charge in [0.2, 0.25) is 0 Å². The molecule has 0 aromatic carbocycles. The Bertz CT molecular complexity index is 292. The highest BCUT2D eigenvalue weighted by Gasteiger charge is 2.03. The number of allylic oxidation sites excluding steroid dienone is 5. The average molecular weight is 223 g/mol. The van der Waals surface area contributed by atoms with Crippen molar-refractivity contribution in [3.05, 3.63) is 35.4 Å². The van der Waals surface area contributed by atoms with E-state index in [4.69, 9.17) is 0 Å². The van der Waals surface area contributed by atoms with Crippen LogP contribution in [-0.4, -0.2) is 5.78 Å². The number of carbonyl (C=O) groups is 1. The zero-order valence-electron chi connectivity index (χ0n) is 9.03. The smallest absolute Gasteiger partial charge is 0.161 e. The Morgan fingerprint density at radius 3 is 3.13 bits per heavy atom. The maximum atomic E-state index is 11.5. The molecule has 1 N–H and O–H groups in total. The maximum absolute atomic E-state index is 11.5. The molecule has 0 aliphatic carbocycles. The molecule has 0 atom stereocenters. The van der Waals surface area contributed by atoms with Gasteiger partial charge in [0, 0.05) is 5.70 Å². The molecule has 0 amide bonds. The Kier molecular flexibility index (Phi) is 5.93. The van der Waals surface area contributed by atoms with E-state index in [-0.39, 0.29) is 5.78 Å². The average Bonchev–Trinajstić information content (AvgIpc) is 2.26. The topological polar surface area (TPSA) is 29.1 Å². The van der Waals surface area contributed by atoms with Crippen LogP contribution in [-0.2, 0) is 4.79 Å². The first kappa shape index (κ1) is 12.1. The number of carbonyl (C=O) groups excluding carboxylic acids is 1. The van der Waals surface area contributed by atoms with Crippen LogP contribution in [0.5, 0.6) is 0 Å². The van der Waals surface area contributed by atoms with Crippen molar-refractivity contribution in [2.24, 2.45) is 0 Å². The van der Waals surface area contributed by atoms with Crippen molar-refractivity contribution >= 4 is 17.7 Å². The molecule has 0 radical (unpaired) electrons. The minimum Gasteiger partial charge on any atom is -0.329 e. The lowest BCUT2D eigenvalue weighted by atomic mass is 10.1. The minimum absolute atomic E-state index is 0.167. The van der Waals surface area contributed by atoms with Crippen LogP contribution in [0, 0.1) is 0 Å². The van der Waals surface area contributed by atoms with Gasteiger partial charge in [-0.3, -0.25) is 4.79 Å². The summed E-state index contributed by atoms with van der Waals surface area (Å²) in [5.74, 6) is 0.167. The zero-order chi connectivity index (χ0) is 10.9. The predicted molar refractivity (Wildman–Crippen MR) is 66.2 cm³/mol. The number of ketones is 1. The highest BCUT2D eigenvalue weighted by atomic mass is 32.2. The molecule has 0 aromatic rings. The van der Waals surface area contributed by atoms with Crippen LogP contribution in [0.1, 0.15) is 32.6 Å². The fourth-order valence-electron chi connectivity index (χ4n) is 1.22. The molecule has 1 heterocycles. The number of rotatable bonds is 6. The fourth-order valence-corrected chi connectivity index (χ4v) is 1.73. The molecule has 0 unspecified atom stereocenters. The number of nitrogens with one attached hydrogen (secondary N) is 1. The summed E-state index contributed by atoms with van der Waals surface area (Å²) in [5.41, 5.74) is 0.979. The van der Waals surface area contributed by atoms with Gasteiger partial charge in [0.1, 0.15) is 0 Å². The van der Waals surface area contributed by atoms with Crippen molar-refractivity contribution in [1.29, 1.82) is 0 Å². The van der Waals surface area contributed by atoms with E-state index in [1.807, 2.05) is 23.6 Å². The predicted octanol–water partition coefficient (Wildman–Crippen LogP) is 3.34. The standard InChI is InChI=1S/C12H17NOS/c1-2-3-4-5-8-12(14)10-11-7-6-9-15-13-11/h5-9,13H,2-4,10H2,1H3. The first-order valence-corrected chi connectivity index (χ1v) is 6.17. The van der Waals surface area contributed by atoms with E-state index in [1.54, 1.807) is 6.08 Å². The Morgan fingerprint density at radius 2 is 2.47 bits per heavy atom. The van der Waals surface area contributed by atoms with Crippen LogP contribution < -0.4 is 4.72 Å². The molecule has 1 rings (SSSR count). The van der Waals surface area contributed by atoms with Gasteiger partial charge in [-0.15, -0.1) is 0 Å². The number of hydrogen-bond acceptors (Lipinski definition) is 3. The van der Waals surface area contributed by atoms with Crippen molar-refractivity contribution in [2.45, 2.75) is 32.6 Å². The number of hydrogen-bond donors (Lipinski definition) is 1. The molecule has 0 spiro atoms. The third-order valence-corrected chi connectivity index (χ3v) is 2.70. The van der Waals surface area contributed by atoms with Crippen molar-refractivity contribution in [3.63, 3.8) is 0 Å². The molecule has 0 saturated carbocycles. The molecule has 1 aliphatic rings. The molecule has 0 fully saturated rings. The number of unbranched alkanes of at least 4 members (excludes halogenated alkanes) is 2. The van der Waals surface area contributed by atoms with Gasteiger partial charge in [-0.2, -0.15) is 0 Å². The van der Waals surface area contributed by atoms with E-state index in [9.17, 15) is 4.79 Å². The largest absolute Gasteiger partial charge is 0.329 e. The van der Waals surface area contributed by atoms with Gasteiger partial charge in [-0.1, -0.05) is 31.9 Å². The second-order valence-electron chi connectivity index (χ2n) is 3.43. The monoisotopic (exact) mass is 223 g/mol. The van der Waals surface area contributed by atoms with Gasteiger partial charge in [-0.05, 0) is 35.9 Å². The van der Waals surface area contributed by atoms with Crippen molar-refractivity contribution in [3.8, 4) is 0 Å². The Balaban J connectivity index is 2.26. The normalized spacial score (nSPS) is 15.1.